The van der Waals surface area contributed by atoms with Crippen molar-refractivity contribution in [1.29, 1.82) is 0 Å². The molecule has 1 aliphatic carbocycles. The van der Waals surface area contributed by atoms with Crippen LogP contribution in [0.15, 0.2) is 62.9 Å². The van der Waals surface area contributed by atoms with Crippen LogP contribution in [-0.2, 0) is 0 Å². The van der Waals surface area contributed by atoms with Gasteiger partial charge in [-0.05, 0) is 68.2 Å². The number of aliphatic imine (C=N–C) groups is 2. The highest BCUT2D eigenvalue weighted by atomic mass is 32.2. The molecule has 1 aromatic carbocycles. The molecule has 3 heteroatoms. The average molecular weight is 339 g/mol. The number of para-hydroxylation sites is 1. The normalized spacial score (nSPS) is 28.1. The number of hydrogen-bond donors (Lipinski definition) is 0. The Morgan fingerprint density at radius 1 is 1.21 bits per heavy atom. The molecule has 2 unspecified atom stereocenters. The molecule has 0 saturated heterocycles. The molecule has 1 heterocycles. The molecule has 0 aromatic heterocycles. The maximum atomic E-state index is 5.15. The minimum atomic E-state index is 0.0657. The van der Waals surface area contributed by atoms with Gasteiger partial charge >= 0.3 is 0 Å². The van der Waals surface area contributed by atoms with Crippen molar-refractivity contribution in [1.82, 2.24) is 0 Å². The lowest BCUT2D eigenvalue weighted by molar-refractivity contribution is 0.345. The fraction of sp³-hybridized carbons (Fsp3) is 0.429. The van der Waals surface area contributed by atoms with Gasteiger partial charge in [0.15, 0.2) is 0 Å². The van der Waals surface area contributed by atoms with Gasteiger partial charge < -0.3 is 0 Å². The summed E-state index contributed by atoms with van der Waals surface area (Å²) in [5.41, 5.74) is 4.69. The van der Waals surface area contributed by atoms with Gasteiger partial charge in [-0.15, -0.1) is 11.8 Å². The van der Waals surface area contributed by atoms with Crippen molar-refractivity contribution in [3.05, 3.63) is 53.0 Å². The third kappa shape index (κ3) is 3.41. The molecule has 0 N–H and O–H groups in total. The van der Waals surface area contributed by atoms with Crippen molar-refractivity contribution in [3.8, 4) is 0 Å². The van der Waals surface area contributed by atoms with Crippen LogP contribution in [-0.4, -0.2) is 23.2 Å². The van der Waals surface area contributed by atoms with Gasteiger partial charge in [0.25, 0.3) is 0 Å². The quantitative estimate of drug-likeness (QED) is 0.619. The molecule has 24 heavy (non-hydrogen) atoms. The predicted octanol–water partition coefficient (Wildman–Crippen LogP) is 5.99. The van der Waals surface area contributed by atoms with Gasteiger partial charge in [0, 0.05) is 4.91 Å². The number of fused-ring (bicyclic) bond motifs is 1. The third-order valence-corrected chi connectivity index (χ3v) is 5.84. The summed E-state index contributed by atoms with van der Waals surface area (Å²) >= 11 is 1.78. The Morgan fingerprint density at radius 2 is 1.96 bits per heavy atom. The number of allylic oxidation sites excluding steroid dienone is 4. The second-order valence-electron chi connectivity index (χ2n) is 6.80. The maximum Gasteiger partial charge on any atom is 0.0753 e. The van der Waals surface area contributed by atoms with E-state index in [1.165, 1.54) is 16.2 Å². The van der Waals surface area contributed by atoms with Crippen LogP contribution in [0.5, 0.6) is 0 Å². The van der Waals surface area contributed by atoms with E-state index >= 15 is 0 Å². The first-order valence-corrected chi connectivity index (χ1v) is 10.0. The van der Waals surface area contributed by atoms with Crippen molar-refractivity contribution in [2.24, 2.45) is 15.9 Å². The largest absolute Gasteiger partial charge is 0.278 e. The van der Waals surface area contributed by atoms with E-state index in [0.717, 1.165) is 30.7 Å². The Labute approximate surface area is 149 Å². The zero-order valence-electron chi connectivity index (χ0n) is 15.0. The molecule has 126 valence electrons. The molecule has 2 nitrogen and oxygen atoms in total. The summed E-state index contributed by atoms with van der Waals surface area (Å²) in [6.07, 6.45) is 9.96. The van der Waals surface area contributed by atoms with E-state index < -0.39 is 0 Å². The summed E-state index contributed by atoms with van der Waals surface area (Å²) in [6, 6.07) is 10.2. The number of hydrogen-bond acceptors (Lipinski definition) is 3. The van der Waals surface area contributed by atoms with Gasteiger partial charge in [0.2, 0.25) is 0 Å². The van der Waals surface area contributed by atoms with E-state index in [9.17, 15) is 0 Å². The molecule has 3 rings (SSSR count). The van der Waals surface area contributed by atoms with E-state index in [0.29, 0.717) is 5.92 Å². The third-order valence-electron chi connectivity index (χ3n) is 5.09. The highest BCUT2D eigenvalue weighted by Gasteiger charge is 2.36. The first-order valence-electron chi connectivity index (χ1n) is 8.80. The number of rotatable bonds is 4. The molecule has 0 amide bonds. The highest BCUT2D eigenvalue weighted by molar-refractivity contribution is 8.03. The topological polar surface area (TPSA) is 24.7 Å². The first kappa shape index (κ1) is 17.2. The van der Waals surface area contributed by atoms with Crippen LogP contribution in [0.2, 0.25) is 0 Å². The summed E-state index contributed by atoms with van der Waals surface area (Å²) in [7, 11) is 0. The highest BCUT2D eigenvalue weighted by Crippen LogP contribution is 2.41. The minimum Gasteiger partial charge on any atom is -0.278 e. The molecule has 1 aliphatic heterocycles. The molecule has 0 saturated carbocycles. The first-order chi connectivity index (χ1) is 11.6. The Hall–Kier alpha value is -1.61. The monoisotopic (exact) mass is 338 g/mol. The van der Waals surface area contributed by atoms with Crippen LogP contribution in [0.4, 0.5) is 5.69 Å². The van der Waals surface area contributed by atoms with Crippen LogP contribution in [0.1, 0.15) is 40.0 Å². The smallest absolute Gasteiger partial charge is 0.0753 e. The van der Waals surface area contributed by atoms with E-state index in [1.54, 1.807) is 11.8 Å². The van der Waals surface area contributed by atoms with E-state index in [4.69, 9.17) is 9.98 Å². The zero-order valence-corrected chi connectivity index (χ0v) is 15.9. The van der Waals surface area contributed by atoms with Crippen molar-refractivity contribution >= 4 is 28.9 Å². The Balaban J connectivity index is 2.07. The van der Waals surface area contributed by atoms with E-state index in [2.05, 4.69) is 39.2 Å². The fourth-order valence-electron chi connectivity index (χ4n) is 3.46. The van der Waals surface area contributed by atoms with Gasteiger partial charge in [0.05, 0.1) is 22.6 Å². The van der Waals surface area contributed by atoms with Crippen LogP contribution in [0.3, 0.4) is 0 Å². The molecule has 0 bridgehead atoms. The second kappa shape index (κ2) is 7.10. The van der Waals surface area contributed by atoms with Gasteiger partial charge in [-0.2, -0.15) is 0 Å². The second-order valence-corrected chi connectivity index (χ2v) is 7.65. The molecule has 1 aromatic rings. The number of thioether (sulfide) groups is 1. The van der Waals surface area contributed by atoms with Crippen molar-refractivity contribution < 1.29 is 0 Å². The van der Waals surface area contributed by atoms with Crippen LogP contribution in [0.25, 0.3) is 0 Å². The lowest BCUT2D eigenvalue weighted by Crippen LogP contribution is -2.36. The molecular weight excluding hydrogens is 312 g/mol. The summed E-state index contributed by atoms with van der Waals surface area (Å²) in [5.74, 6) is 0.569. The standard InChI is InChI=1S/C21H26N2S/c1-5-15-14-21(3,6-2)23-20-18(15)12-17(13-19(20)24-4)22-16-10-8-7-9-11-16/h7-13,15H,5-6,14H2,1-4H3. The Kier molecular flexibility index (Phi) is 5.09. The summed E-state index contributed by atoms with van der Waals surface area (Å²) in [6.45, 7) is 6.83. The molecule has 2 aliphatic rings. The summed E-state index contributed by atoms with van der Waals surface area (Å²) in [4.78, 5) is 11.2. The predicted molar refractivity (Wildman–Crippen MR) is 108 cm³/mol. The lowest BCUT2D eigenvalue weighted by Gasteiger charge is -2.38. The number of benzene rings is 1. The Bertz CT molecular complexity index is 727. The summed E-state index contributed by atoms with van der Waals surface area (Å²) in [5, 5.41) is 0. The molecule has 0 radical (unpaired) electrons. The van der Waals surface area contributed by atoms with Crippen molar-refractivity contribution in [3.63, 3.8) is 0 Å². The van der Waals surface area contributed by atoms with Crippen LogP contribution >= 0.6 is 11.8 Å². The molecule has 2 atom stereocenters. The molecule has 0 spiro atoms. The SMILES string of the molecule is CCC1CC(C)(CC)N=C2C(SC)=CC(=Nc3ccccc3)C=C21. The van der Waals surface area contributed by atoms with Gasteiger partial charge in [-0.25, -0.2) is 4.99 Å². The minimum absolute atomic E-state index is 0.0657. The zero-order chi connectivity index (χ0) is 17.2. The van der Waals surface area contributed by atoms with Crippen molar-refractivity contribution in [2.75, 3.05) is 6.26 Å². The molecule has 0 fully saturated rings. The maximum absolute atomic E-state index is 5.15. The average Bonchev–Trinajstić information content (AvgIpc) is 2.61. The van der Waals surface area contributed by atoms with Crippen LogP contribution in [0, 0.1) is 5.92 Å². The number of nitrogens with zero attached hydrogens (tertiary/aromatic N) is 2. The van der Waals surface area contributed by atoms with Crippen molar-refractivity contribution in [2.45, 2.75) is 45.6 Å². The lowest BCUT2D eigenvalue weighted by atomic mass is 9.75. The van der Waals surface area contributed by atoms with Gasteiger partial charge in [-0.3, -0.25) is 4.99 Å². The summed E-state index contributed by atoms with van der Waals surface area (Å²) < 4.78 is 0. The van der Waals surface area contributed by atoms with E-state index in [1.807, 2.05) is 30.3 Å². The Morgan fingerprint density at radius 3 is 2.58 bits per heavy atom. The van der Waals surface area contributed by atoms with Crippen LogP contribution < -0.4 is 0 Å². The fourth-order valence-corrected chi connectivity index (χ4v) is 4.06. The van der Waals surface area contributed by atoms with E-state index in [-0.39, 0.29) is 5.54 Å². The molecular formula is C21H26N2S. The van der Waals surface area contributed by atoms with Gasteiger partial charge in [0.1, 0.15) is 0 Å². The van der Waals surface area contributed by atoms with Gasteiger partial charge in [-0.1, -0.05) is 32.0 Å².